The molecule has 1 aliphatic carbocycles. The van der Waals surface area contributed by atoms with Crippen molar-refractivity contribution in [3.63, 3.8) is 0 Å². The maximum Gasteiger partial charge on any atom is 0.182 e. The predicted octanol–water partition coefficient (Wildman–Crippen LogP) is 3.54. The van der Waals surface area contributed by atoms with Gasteiger partial charge in [-0.1, -0.05) is 19.3 Å². The zero-order valence-corrected chi connectivity index (χ0v) is 13.4. The van der Waals surface area contributed by atoms with Crippen LogP contribution in [0.5, 0.6) is 0 Å². The second-order valence-electron chi connectivity index (χ2n) is 6.59. The number of ether oxygens (including phenoxy) is 1. The molecule has 2 aromatic heterocycles. The molecule has 0 bridgehead atoms. The van der Waals surface area contributed by atoms with E-state index < -0.39 is 0 Å². The van der Waals surface area contributed by atoms with E-state index in [2.05, 4.69) is 15.7 Å². The summed E-state index contributed by atoms with van der Waals surface area (Å²) in [6.45, 7) is 1.66. The van der Waals surface area contributed by atoms with Crippen LogP contribution in [0.15, 0.2) is 18.5 Å². The molecule has 5 nitrogen and oxygen atoms in total. The molecule has 5 heteroatoms. The fraction of sp³-hybridized carbons (Fsp3) is 0.611. The summed E-state index contributed by atoms with van der Waals surface area (Å²) in [5, 5.41) is 4.88. The monoisotopic (exact) mass is 311 g/mol. The molecule has 4 rings (SSSR count). The summed E-state index contributed by atoms with van der Waals surface area (Å²) in [4.78, 5) is 9.08. The minimum atomic E-state index is 0.465. The van der Waals surface area contributed by atoms with Gasteiger partial charge < -0.3 is 4.74 Å². The van der Waals surface area contributed by atoms with Gasteiger partial charge in [-0.05, 0) is 31.7 Å². The van der Waals surface area contributed by atoms with Crippen molar-refractivity contribution < 1.29 is 4.74 Å². The third kappa shape index (κ3) is 3.15. The Balaban J connectivity index is 1.70. The summed E-state index contributed by atoms with van der Waals surface area (Å²) >= 11 is 0. The third-order valence-corrected chi connectivity index (χ3v) is 5.02. The number of aromatic nitrogens is 4. The summed E-state index contributed by atoms with van der Waals surface area (Å²) in [6, 6.07) is 5.45. The van der Waals surface area contributed by atoms with E-state index in [-0.39, 0.29) is 0 Å². The highest BCUT2D eigenvalue weighted by Gasteiger charge is 2.27. The average Bonchev–Trinajstić information content (AvgIpc) is 3.09. The smallest absolute Gasteiger partial charge is 0.182 e. The first-order chi connectivity index (χ1) is 11.4. The van der Waals surface area contributed by atoms with Crippen LogP contribution in [-0.4, -0.2) is 33.0 Å². The van der Waals surface area contributed by atoms with Crippen LogP contribution in [0.4, 0.5) is 0 Å². The molecule has 0 N–H and O–H groups in total. The van der Waals surface area contributed by atoms with Gasteiger partial charge in [0.05, 0.1) is 6.04 Å². The summed E-state index contributed by atoms with van der Waals surface area (Å²) in [7, 11) is 0. The van der Waals surface area contributed by atoms with Crippen molar-refractivity contribution in [2.75, 3.05) is 13.2 Å². The second kappa shape index (κ2) is 6.79. The molecule has 2 aromatic rings. The van der Waals surface area contributed by atoms with Gasteiger partial charge in [-0.15, -0.1) is 0 Å². The van der Waals surface area contributed by atoms with E-state index >= 15 is 0 Å². The highest BCUT2D eigenvalue weighted by atomic mass is 16.5. The van der Waals surface area contributed by atoms with Gasteiger partial charge in [0, 0.05) is 43.2 Å². The normalized spacial score (nSPS) is 20.7. The molecule has 121 valence electrons. The van der Waals surface area contributed by atoms with Crippen molar-refractivity contribution in [1.29, 1.82) is 0 Å². The molecule has 0 unspecified atom stereocenters. The van der Waals surface area contributed by atoms with E-state index in [9.17, 15) is 0 Å². The van der Waals surface area contributed by atoms with Crippen LogP contribution in [0.1, 0.15) is 62.7 Å². The molecule has 2 aliphatic rings. The number of hydrogen-bond acceptors (Lipinski definition) is 4. The lowest BCUT2D eigenvalue weighted by molar-refractivity contribution is 0.0817. The van der Waals surface area contributed by atoms with Crippen molar-refractivity contribution in [2.45, 2.75) is 56.9 Å². The Labute approximate surface area is 137 Å². The summed E-state index contributed by atoms with van der Waals surface area (Å²) < 4.78 is 7.76. The van der Waals surface area contributed by atoms with Crippen LogP contribution in [0.25, 0.3) is 11.4 Å². The molecule has 0 amide bonds. The number of pyridine rings is 1. The maximum absolute atomic E-state index is 5.53. The zero-order valence-electron chi connectivity index (χ0n) is 13.4. The minimum Gasteiger partial charge on any atom is -0.381 e. The molecule has 1 saturated heterocycles. The van der Waals surface area contributed by atoms with E-state index in [4.69, 9.17) is 14.8 Å². The van der Waals surface area contributed by atoms with Gasteiger partial charge >= 0.3 is 0 Å². The molecule has 2 fully saturated rings. The summed E-state index contributed by atoms with van der Waals surface area (Å²) in [5.41, 5.74) is 0.954. The fourth-order valence-electron chi connectivity index (χ4n) is 3.73. The zero-order chi connectivity index (χ0) is 15.5. The molecule has 0 atom stereocenters. The summed E-state index contributed by atoms with van der Waals surface area (Å²) in [6.07, 6.45) is 12.0. The first-order valence-electron chi connectivity index (χ1n) is 8.77. The maximum atomic E-state index is 5.53. The SMILES string of the molecule is [c]1cncc(-c2nc(C3CCOCC3)n(C3CCCCC3)n2)c1. The average molecular weight is 311 g/mol. The third-order valence-electron chi connectivity index (χ3n) is 5.02. The van der Waals surface area contributed by atoms with Gasteiger partial charge in [-0.2, -0.15) is 5.10 Å². The van der Waals surface area contributed by atoms with Gasteiger partial charge in [0.2, 0.25) is 0 Å². The van der Waals surface area contributed by atoms with Crippen LogP contribution < -0.4 is 0 Å². The molecule has 3 heterocycles. The number of rotatable bonds is 3. The quantitative estimate of drug-likeness (QED) is 0.870. The van der Waals surface area contributed by atoms with Gasteiger partial charge in [0.25, 0.3) is 0 Å². The Morgan fingerprint density at radius 1 is 1.09 bits per heavy atom. The Hall–Kier alpha value is -1.75. The predicted molar refractivity (Wildman–Crippen MR) is 87.0 cm³/mol. The van der Waals surface area contributed by atoms with Gasteiger partial charge in [0.1, 0.15) is 5.82 Å². The lowest BCUT2D eigenvalue weighted by Crippen LogP contribution is -2.22. The van der Waals surface area contributed by atoms with Gasteiger partial charge in [-0.3, -0.25) is 4.98 Å². The van der Waals surface area contributed by atoms with Gasteiger partial charge in [-0.25, -0.2) is 9.67 Å². The van der Waals surface area contributed by atoms with Crippen LogP contribution >= 0.6 is 0 Å². The molecule has 1 saturated carbocycles. The highest BCUT2D eigenvalue weighted by Crippen LogP contribution is 2.34. The molecule has 1 radical (unpaired) electrons. The van der Waals surface area contributed by atoms with E-state index in [1.54, 1.807) is 6.20 Å². The van der Waals surface area contributed by atoms with Crippen molar-refractivity contribution >= 4 is 0 Å². The van der Waals surface area contributed by atoms with Crippen molar-refractivity contribution in [1.82, 2.24) is 19.7 Å². The van der Waals surface area contributed by atoms with Crippen LogP contribution in [0.2, 0.25) is 0 Å². The van der Waals surface area contributed by atoms with Crippen LogP contribution in [0, 0.1) is 6.07 Å². The topological polar surface area (TPSA) is 52.8 Å². The molecular formula is C18H23N4O. The largest absolute Gasteiger partial charge is 0.381 e. The Morgan fingerprint density at radius 3 is 2.65 bits per heavy atom. The Kier molecular flexibility index (Phi) is 4.37. The Bertz CT molecular complexity index is 592. The number of nitrogens with zero attached hydrogens (tertiary/aromatic N) is 4. The fourth-order valence-corrected chi connectivity index (χ4v) is 3.73. The van der Waals surface area contributed by atoms with Crippen molar-refractivity contribution in [2.24, 2.45) is 0 Å². The standard InChI is InChI=1S/C18H23N4O/c1-2-6-16(7-3-1)22-18(14-8-11-23-12-9-14)20-17(21-22)15-5-4-10-19-13-15/h5,10,13-14,16H,1-3,6-9,11-12H2. The molecule has 1 aliphatic heterocycles. The molecule has 0 spiro atoms. The first-order valence-corrected chi connectivity index (χ1v) is 8.77. The van der Waals surface area contributed by atoms with E-state index in [0.717, 1.165) is 43.3 Å². The lowest BCUT2D eigenvalue weighted by Gasteiger charge is -2.27. The van der Waals surface area contributed by atoms with Crippen molar-refractivity contribution in [3.05, 3.63) is 30.4 Å². The lowest BCUT2D eigenvalue weighted by atomic mass is 9.94. The minimum absolute atomic E-state index is 0.465. The van der Waals surface area contributed by atoms with Crippen LogP contribution in [0.3, 0.4) is 0 Å². The highest BCUT2D eigenvalue weighted by molar-refractivity contribution is 5.52. The molecule has 23 heavy (non-hydrogen) atoms. The van der Waals surface area contributed by atoms with E-state index in [0.29, 0.717) is 12.0 Å². The second-order valence-corrected chi connectivity index (χ2v) is 6.59. The number of hydrogen-bond donors (Lipinski definition) is 0. The van der Waals surface area contributed by atoms with E-state index in [1.807, 2.05) is 12.3 Å². The van der Waals surface area contributed by atoms with Gasteiger partial charge in [0.15, 0.2) is 5.82 Å². The summed E-state index contributed by atoms with van der Waals surface area (Å²) in [5.74, 6) is 2.41. The first kappa shape index (κ1) is 14.8. The van der Waals surface area contributed by atoms with E-state index in [1.165, 1.54) is 32.1 Å². The molecule has 0 aromatic carbocycles. The van der Waals surface area contributed by atoms with Crippen LogP contribution in [-0.2, 0) is 4.74 Å². The Morgan fingerprint density at radius 2 is 1.91 bits per heavy atom. The van der Waals surface area contributed by atoms with Crippen molar-refractivity contribution in [3.8, 4) is 11.4 Å². The molecular weight excluding hydrogens is 288 g/mol.